The Kier molecular flexibility index (Phi) is 9.09. The van der Waals surface area contributed by atoms with Gasteiger partial charge in [-0.3, -0.25) is 13.9 Å². The van der Waals surface area contributed by atoms with Gasteiger partial charge in [-0.05, 0) is 50.1 Å². The number of para-hydroxylation sites is 1. The van der Waals surface area contributed by atoms with Crippen molar-refractivity contribution < 1.29 is 18.0 Å². The lowest BCUT2D eigenvalue weighted by atomic mass is 10.1. The maximum absolute atomic E-state index is 13.4. The quantitative estimate of drug-likeness (QED) is 0.565. The summed E-state index contributed by atoms with van der Waals surface area (Å²) in [6.07, 6.45) is 1.80. The average molecular weight is 480 g/mol. The van der Waals surface area contributed by atoms with Crippen molar-refractivity contribution in [3.05, 3.63) is 65.2 Å². The summed E-state index contributed by atoms with van der Waals surface area (Å²) in [5.74, 6) is -0.784. The molecular formula is C23H30ClN3O4S. The third-order valence-electron chi connectivity index (χ3n) is 5.16. The van der Waals surface area contributed by atoms with Crippen molar-refractivity contribution in [3.63, 3.8) is 0 Å². The van der Waals surface area contributed by atoms with Crippen LogP contribution in [0.4, 0.5) is 5.69 Å². The maximum atomic E-state index is 13.4. The molecule has 2 aromatic rings. The van der Waals surface area contributed by atoms with Crippen molar-refractivity contribution in [2.24, 2.45) is 0 Å². The minimum Gasteiger partial charge on any atom is -0.352 e. The van der Waals surface area contributed by atoms with E-state index < -0.39 is 28.5 Å². The summed E-state index contributed by atoms with van der Waals surface area (Å²) < 4.78 is 25.9. The van der Waals surface area contributed by atoms with Crippen molar-refractivity contribution in [1.82, 2.24) is 10.2 Å². The molecule has 0 radical (unpaired) electrons. The Balaban J connectivity index is 2.34. The second kappa shape index (κ2) is 11.3. The second-order valence-electron chi connectivity index (χ2n) is 7.75. The molecule has 0 saturated heterocycles. The number of nitrogens with zero attached hydrogens (tertiary/aromatic N) is 2. The monoisotopic (exact) mass is 479 g/mol. The fourth-order valence-electron chi connectivity index (χ4n) is 3.04. The SMILES string of the molecule is CC[C@@H](C)NC(=O)[C@H](C)N(Cc1ccc(Cl)cc1)C(=O)CN(c1ccccc1)S(C)(=O)=O. The number of rotatable bonds is 10. The van der Waals surface area contributed by atoms with Crippen LogP contribution in [0.15, 0.2) is 54.6 Å². The highest BCUT2D eigenvalue weighted by molar-refractivity contribution is 7.92. The molecule has 0 fully saturated rings. The lowest BCUT2D eigenvalue weighted by Crippen LogP contribution is -2.52. The van der Waals surface area contributed by atoms with Gasteiger partial charge in [-0.2, -0.15) is 0 Å². The number of hydrogen-bond acceptors (Lipinski definition) is 4. The zero-order valence-corrected chi connectivity index (χ0v) is 20.4. The summed E-state index contributed by atoms with van der Waals surface area (Å²) in [5, 5.41) is 3.45. The fourth-order valence-corrected chi connectivity index (χ4v) is 4.02. The van der Waals surface area contributed by atoms with E-state index in [1.54, 1.807) is 61.5 Å². The molecule has 0 unspecified atom stereocenters. The molecule has 0 aromatic heterocycles. The first-order chi connectivity index (χ1) is 15.0. The van der Waals surface area contributed by atoms with Crippen LogP contribution >= 0.6 is 11.6 Å². The molecule has 9 heteroatoms. The number of benzene rings is 2. The van der Waals surface area contributed by atoms with Gasteiger partial charge in [0.05, 0.1) is 11.9 Å². The number of amides is 2. The maximum Gasteiger partial charge on any atom is 0.244 e. The molecule has 0 heterocycles. The summed E-state index contributed by atoms with van der Waals surface area (Å²) in [7, 11) is -3.73. The molecule has 2 rings (SSSR count). The van der Waals surface area contributed by atoms with Gasteiger partial charge < -0.3 is 10.2 Å². The largest absolute Gasteiger partial charge is 0.352 e. The molecule has 0 aliphatic heterocycles. The Bertz CT molecular complexity index is 1010. The van der Waals surface area contributed by atoms with Crippen LogP contribution in [0.2, 0.25) is 5.02 Å². The Labute approximate surface area is 195 Å². The zero-order chi connectivity index (χ0) is 23.9. The normalized spacial score (nSPS) is 13.2. The summed E-state index contributed by atoms with van der Waals surface area (Å²) in [6.45, 7) is 5.20. The van der Waals surface area contributed by atoms with Gasteiger partial charge in [-0.15, -0.1) is 0 Å². The Morgan fingerprint density at radius 2 is 1.62 bits per heavy atom. The number of anilines is 1. The average Bonchev–Trinajstić information content (AvgIpc) is 2.76. The summed E-state index contributed by atoms with van der Waals surface area (Å²) >= 11 is 5.97. The number of hydrogen-bond donors (Lipinski definition) is 1. The van der Waals surface area contributed by atoms with E-state index >= 15 is 0 Å². The minimum absolute atomic E-state index is 0.0470. The molecule has 1 N–H and O–H groups in total. The van der Waals surface area contributed by atoms with Crippen LogP contribution in [0, 0.1) is 0 Å². The van der Waals surface area contributed by atoms with Crippen molar-refractivity contribution in [2.75, 3.05) is 17.1 Å². The molecule has 0 saturated carbocycles. The summed E-state index contributed by atoms with van der Waals surface area (Å²) in [5.41, 5.74) is 1.16. The van der Waals surface area contributed by atoms with Gasteiger partial charge in [0.1, 0.15) is 12.6 Å². The third kappa shape index (κ3) is 7.24. The zero-order valence-electron chi connectivity index (χ0n) is 18.8. The van der Waals surface area contributed by atoms with Crippen molar-refractivity contribution in [2.45, 2.75) is 45.8 Å². The van der Waals surface area contributed by atoms with Gasteiger partial charge in [0.15, 0.2) is 0 Å². The molecule has 2 atom stereocenters. The molecule has 174 valence electrons. The molecule has 2 aromatic carbocycles. The number of sulfonamides is 1. The van der Waals surface area contributed by atoms with E-state index in [1.807, 2.05) is 13.8 Å². The van der Waals surface area contributed by atoms with Gasteiger partial charge in [0, 0.05) is 17.6 Å². The van der Waals surface area contributed by atoms with Gasteiger partial charge in [0.25, 0.3) is 0 Å². The highest BCUT2D eigenvalue weighted by atomic mass is 35.5. The van der Waals surface area contributed by atoms with E-state index in [-0.39, 0.29) is 18.5 Å². The molecule has 32 heavy (non-hydrogen) atoms. The van der Waals surface area contributed by atoms with Crippen LogP contribution in [0.5, 0.6) is 0 Å². The lowest BCUT2D eigenvalue weighted by molar-refractivity contribution is -0.139. The van der Waals surface area contributed by atoms with Gasteiger partial charge in [-0.1, -0.05) is 48.9 Å². The Morgan fingerprint density at radius 1 is 1.03 bits per heavy atom. The minimum atomic E-state index is -3.73. The predicted octanol–water partition coefficient (Wildman–Crippen LogP) is 3.44. The summed E-state index contributed by atoms with van der Waals surface area (Å²) in [4.78, 5) is 27.5. The van der Waals surface area contributed by atoms with Crippen LogP contribution in [0.3, 0.4) is 0 Å². The molecule has 0 bridgehead atoms. The summed E-state index contributed by atoms with van der Waals surface area (Å²) in [6, 6.07) is 14.5. The first kappa shape index (κ1) is 25.7. The smallest absolute Gasteiger partial charge is 0.244 e. The van der Waals surface area contributed by atoms with E-state index in [2.05, 4.69) is 5.32 Å². The van der Waals surface area contributed by atoms with Crippen LogP contribution in [0.1, 0.15) is 32.8 Å². The second-order valence-corrected chi connectivity index (χ2v) is 10.1. The Hall–Kier alpha value is -2.58. The predicted molar refractivity (Wildman–Crippen MR) is 128 cm³/mol. The number of carbonyl (C=O) groups excluding carboxylic acids is 2. The van der Waals surface area contributed by atoms with E-state index in [0.717, 1.165) is 22.5 Å². The van der Waals surface area contributed by atoms with Crippen molar-refractivity contribution in [1.29, 1.82) is 0 Å². The van der Waals surface area contributed by atoms with Gasteiger partial charge in [0.2, 0.25) is 21.8 Å². The van der Waals surface area contributed by atoms with E-state index in [1.165, 1.54) is 4.90 Å². The van der Waals surface area contributed by atoms with E-state index in [9.17, 15) is 18.0 Å². The van der Waals surface area contributed by atoms with Gasteiger partial charge >= 0.3 is 0 Å². The van der Waals surface area contributed by atoms with Crippen LogP contribution in [-0.4, -0.2) is 50.0 Å². The van der Waals surface area contributed by atoms with Crippen molar-refractivity contribution >= 4 is 39.1 Å². The molecule has 0 aliphatic rings. The molecule has 7 nitrogen and oxygen atoms in total. The highest BCUT2D eigenvalue weighted by Gasteiger charge is 2.30. The molecular weight excluding hydrogens is 450 g/mol. The number of halogens is 1. The standard InChI is InChI=1S/C23H30ClN3O4S/c1-5-17(2)25-23(29)18(3)26(15-19-11-13-20(24)14-12-19)22(28)16-27(32(4,30)31)21-9-7-6-8-10-21/h6-14,17-18H,5,15-16H2,1-4H3,(H,25,29)/t17-,18+/m1/s1. The topological polar surface area (TPSA) is 86.8 Å². The molecule has 2 amide bonds. The fraction of sp³-hybridized carbons (Fsp3) is 0.391. The highest BCUT2D eigenvalue weighted by Crippen LogP contribution is 2.19. The number of carbonyl (C=O) groups is 2. The molecule has 0 spiro atoms. The first-order valence-electron chi connectivity index (χ1n) is 10.4. The van der Waals surface area contributed by atoms with Crippen LogP contribution in [0.25, 0.3) is 0 Å². The van der Waals surface area contributed by atoms with Crippen molar-refractivity contribution in [3.8, 4) is 0 Å². The van der Waals surface area contributed by atoms with E-state index in [0.29, 0.717) is 10.7 Å². The van der Waals surface area contributed by atoms with Gasteiger partial charge in [-0.25, -0.2) is 8.42 Å². The van der Waals surface area contributed by atoms with E-state index in [4.69, 9.17) is 11.6 Å². The van der Waals surface area contributed by atoms with Crippen LogP contribution < -0.4 is 9.62 Å². The number of nitrogens with one attached hydrogen (secondary N) is 1. The van der Waals surface area contributed by atoms with Crippen LogP contribution in [-0.2, 0) is 26.2 Å². The lowest BCUT2D eigenvalue weighted by Gasteiger charge is -2.32. The Morgan fingerprint density at radius 3 is 2.16 bits per heavy atom. The third-order valence-corrected chi connectivity index (χ3v) is 6.55. The first-order valence-corrected chi connectivity index (χ1v) is 12.6. The molecule has 0 aliphatic carbocycles.